The summed E-state index contributed by atoms with van der Waals surface area (Å²) in [5.74, 6) is -1.55. The van der Waals surface area contributed by atoms with E-state index < -0.39 is 11.8 Å². The minimum atomic E-state index is -0.798. The molecule has 0 unspecified atom stereocenters. The van der Waals surface area contributed by atoms with Crippen molar-refractivity contribution in [3.05, 3.63) is 51.7 Å². The number of nitrogens with one attached hydrogen (secondary N) is 2. The van der Waals surface area contributed by atoms with Crippen LogP contribution in [0, 0.1) is 13.8 Å². The quantitative estimate of drug-likeness (QED) is 0.519. The molecule has 0 fully saturated rings. The lowest BCUT2D eigenvalue weighted by Crippen LogP contribution is -2.32. The number of benzene rings is 1. The fraction of sp³-hybridized carbons (Fsp3) is 0.188. The molecule has 6 heteroatoms. The van der Waals surface area contributed by atoms with Crippen molar-refractivity contribution in [2.24, 2.45) is 5.10 Å². The van der Waals surface area contributed by atoms with Gasteiger partial charge in [0.2, 0.25) is 0 Å². The van der Waals surface area contributed by atoms with Crippen molar-refractivity contribution in [2.75, 3.05) is 5.32 Å². The van der Waals surface area contributed by atoms with Gasteiger partial charge in [-0.3, -0.25) is 9.59 Å². The maximum absolute atomic E-state index is 11.8. The van der Waals surface area contributed by atoms with Gasteiger partial charge in [0.1, 0.15) is 0 Å². The molecule has 2 aromatic rings. The molecule has 0 aliphatic carbocycles. The largest absolute Gasteiger partial charge is 0.329 e. The Morgan fingerprint density at radius 3 is 2.27 bits per heavy atom. The number of hydrazone groups is 1. The van der Waals surface area contributed by atoms with E-state index in [0.29, 0.717) is 11.4 Å². The predicted molar refractivity (Wildman–Crippen MR) is 89.2 cm³/mol. The summed E-state index contributed by atoms with van der Waals surface area (Å²) in [6, 6.07) is 11.1. The van der Waals surface area contributed by atoms with Gasteiger partial charge < -0.3 is 5.32 Å². The van der Waals surface area contributed by atoms with Crippen LogP contribution in [0.3, 0.4) is 0 Å². The van der Waals surface area contributed by atoms with Crippen LogP contribution in [0.4, 0.5) is 5.69 Å². The van der Waals surface area contributed by atoms with Gasteiger partial charge in [0.25, 0.3) is 0 Å². The molecule has 0 saturated carbocycles. The topological polar surface area (TPSA) is 70.6 Å². The van der Waals surface area contributed by atoms with Crippen molar-refractivity contribution in [1.82, 2.24) is 5.43 Å². The molecule has 1 aromatic heterocycles. The number of hydrogen-bond acceptors (Lipinski definition) is 4. The van der Waals surface area contributed by atoms with Crippen LogP contribution >= 0.6 is 11.3 Å². The third-order valence-corrected chi connectivity index (χ3v) is 4.05. The van der Waals surface area contributed by atoms with E-state index in [2.05, 4.69) is 15.8 Å². The summed E-state index contributed by atoms with van der Waals surface area (Å²) < 4.78 is 0. The minimum absolute atomic E-state index is 0.570. The van der Waals surface area contributed by atoms with Crippen LogP contribution in [0.25, 0.3) is 0 Å². The number of aryl methyl sites for hydroxylation is 2. The number of nitrogens with zero attached hydrogens (tertiary/aromatic N) is 1. The number of thiophene rings is 1. The summed E-state index contributed by atoms with van der Waals surface area (Å²) in [5.41, 5.74) is 4.57. The number of carbonyl (C=O) groups is 2. The number of carbonyl (C=O) groups excluding carboxylic acids is 2. The summed E-state index contributed by atoms with van der Waals surface area (Å²) >= 11 is 1.58. The Bertz CT molecular complexity index is 717. The van der Waals surface area contributed by atoms with Crippen molar-refractivity contribution < 1.29 is 9.59 Å². The maximum Gasteiger partial charge on any atom is 0.329 e. The predicted octanol–water partition coefficient (Wildman–Crippen LogP) is 2.84. The van der Waals surface area contributed by atoms with E-state index in [4.69, 9.17) is 0 Å². The number of amides is 2. The molecule has 2 rings (SSSR count). The molecule has 0 bridgehead atoms. The molecule has 0 aliphatic rings. The highest BCUT2D eigenvalue weighted by Crippen LogP contribution is 2.15. The van der Waals surface area contributed by atoms with Gasteiger partial charge >= 0.3 is 11.8 Å². The molecule has 2 amide bonds. The van der Waals surface area contributed by atoms with Gasteiger partial charge in [-0.15, -0.1) is 11.3 Å². The molecule has 0 radical (unpaired) electrons. The molecule has 0 spiro atoms. The monoisotopic (exact) mass is 315 g/mol. The molecule has 114 valence electrons. The molecule has 0 saturated heterocycles. The van der Waals surface area contributed by atoms with Crippen LogP contribution in [-0.4, -0.2) is 17.5 Å². The molecule has 22 heavy (non-hydrogen) atoms. The summed E-state index contributed by atoms with van der Waals surface area (Å²) in [7, 11) is 0. The van der Waals surface area contributed by atoms with Crippen LogP contribution < -0.4 is 10.7 Å². The van der Waals surface area contributed by atoms with Crippen molar-refractivity contribution in [3.63, 3.8) is 0 Å². The van der Waals surface area contributed by atoms with E-state index in [1.54, 1.807) is 30.4 Å². The van der Waals surface area contributed by atoms with E-state index in [-0.39, 0.29) is 0 Å². The van der Waals surface area contributed by atoms with E-state index in [1.165, 1.54) is 0 Å². The maximum atomic E-state index is 11.8. The lowest BCUT2D eigenvalue weighted by Gasteiger charge is -2.04. The molecule has 2 N–H and O–H groups in total. The van der Waals surface area contributed by atoms with Crippen molar-refractivity contribution in [3.8, 4) is 0 Å². The summed E-state index contributed by atoms with van der Waals surface area (Å²) in [6.07, 6.45) is 0. The van der Waals surface area contributed by atoms with Crippen molar-refractivity contribution in [2.45, 2.75) is 20.8 Å². The fourth-order valence-electron chi connectivity index (χ4n) is 1.69. The normalized spacial score (nSPS) is 11.1. The molecule has 1 heterocycles. The first-order chi connectivity index (χ1) is 10.5. The van der Waals surface area contributed by atoms with Crippen LogP contribution in [0.1, 0.15) is 22.2 Å². The Morgan fingerprint density at radius 2 is 1.68 bits per heavy atom. The Labute approximate surface area is 133 Å². The van der Waals surface area contributed by atoms with Gasteiger partial charge in [-0.05, 0) is 45.0 Å². The third kappa shape index (κ3) is 4.26. The first-order valence-corrected chi connectivity index (χ1v) is 7.56. The fourth-order valence-corrected chi connectivity index (χ4v) is 2.51. The van der Waals surface area contributed by atoms with Gasteiger partial charge in [-0.25, -0.2) is 5.43 Å². The lowest BCUT2D eigenvalue weighted by molar-refractivity contribution is -0.136. The number of hydrogen-bond donors (Lipinski definition) is 2. The lowest BCUT2D eigenvalue weighted by atomic mass is 10.2. The Kier molecular flexibility index (Phi) is 5.06. The Hall–Kier alpha value is -2.47. The number of rotatable bonds is 3. The van der Waals surface area contributed by atoms with Gasteiger partial charge in [-0.2, -0.15) is 5.10 Å². The Balaban J connectivity index is 1.94. The zero-order valence-corrected chi connectivity index (χ0v) is 13.5. The second-order valence-electron chi connectivity index (χ2n) is 4.87. The molecule has 1 aromatic carbocycles. The van der Waals surface area contributed by atoms with Gasteiger partial charge in [0.15, 0.2) is 0 Å². The standard InChI is InChI=1S/C16H17N3O2S/c1-10-4-7-13(8-5-10)17-15(20)16(21)19-18-12(3)14-9-6-11(2)22-14/h4-9H,1-3H3,(H,17,20)(H,19,21)/b18-12-. The van der Waals surface area contributed by atoms with Gasteiger partial charge in [0.05, 0.1) is 10.6 Å². The number of anilines is 1. The van der Waals surface area contributed by atoms with Crippen molar-refractivity contribution >= 4 is 34.6 Å². The minimum Gasteiger partial charge on any atom is -0.318 e. The SMILES string of the molecule is C/C(=N/NC(=O)C(=O)Nc1ccc(C)cc1)c1ccc(C)s1. The zero-order valence-electron chi connectivity index (χ0n) is 12.6. The van der Waals surface area contributed by atoms with Gasteiger partial charge in [-0.1, -0.05) is 17.7 Å². The zero-order chi connectivity index (χ0) is 16.1. The smallest absolute Gasteiger partial charge is 0.318 e. The van der Waals surface area contributed by atoms with E-state index in [1.807, 2.05) is 38.1 Å². The van der Waals surface area contributed by atoms with E-state index >= 15 is 0 Å². The third-order valence-electron chi connectivity index (χ3n) is 2.94. The molecular formula is C16H17N3O2S. The summed E-state index contributed by atoms with van der Waals surface area (Å²) in [4.78, 5) is 25.6. The summed E-state index contributed by atoms with van der Waals surface area (Å²) in [6.45, 7) is 5.72. The highest BCUT2D eigenvalue weighted by atomic mass is 32.1. The van der Waals surface area contributed by atoms with Crippen molar-refractivity contribution in [1.29, 1.82) is 0 Å². The average molecular weight is 315 g/mol. The van der Waals surface area contributed by atoms with Crippen LogP contribution in [0.15, 0.2) is 41.5 Å². The molecule has 0 aliphatic heterocycles. The van der Waals surface area contributed by atoms with E-state index in [0.717, 1.165) is 15.3 Å². The first-order valence-electron chi connectivity index (χ1n) is 6.75. The van der Waals surface area contributed by atoms with Gasteiger partial charge in [0, 0.05) is 10.6 Å². The highest BCUT2D eigenvalue weighted by Gasteiger charge is 2.13. The highest BCUT2D eigenvalue weighted by molar-refractivity contribution is 7.14. The second kappa shape index (κ2) is 7.00. The molecule has 5 nitrogen and oxygen atoms in total. The van der Waals surface area contributed by atoms with Crippen LogP contribution in [0.5, 0.6) is 0 Å². The first kappa shape index (κ1) is 15.9. The molecular weight excluding hydrogens is 298 g/mol. The van der Waals surface area contributed by atoms with E-state index in [9.17, 15) is 9.59 Å². The second-order valence-corrected chi connectivity index (χ2v) is 6.16. The van der Waals surface area contributed by atoms with Crippen LogP contribution in [-0.2, 0) is 9.59 Å². The average Bonchev–Trinajstić information content (AvgIpc) is 2.93. The van der Waals surface area contributed by atoms with Crippen LogP contribution in [0.2, 0.25) is 0 Å². The summed E-state index contributed by atoms with van der Waals surface area (Å²) in [5, 5.41) is 6.47. The Morgan fingerprint density at radius 1 is 1.00 bits per heavy atom. The molecule has 0 atom stereocenters.